The largest absolute Gasteiger partial charge is 0.497 e. The standard InChI is InChI=1S/C20H28N4O.2ClH/c1-6-21-10-11-24(7-2)20-18-16-12-15(25-5)8-9-17(16)23(4)19(18)14(3)13-22-20;;/h8-9,12-13,21H,6-7,10-11H2,1-5H3;2*1H. The van der Waals surface area contributed by atoms with Gasteiger partial charge >= 0.3 is 0 Å². The van der Waals surface area contributed by atoms with Crippen molar-refractivity contribution in [1.82, 2.24) is 14.9 Å². The van der Waals surface area contributed by atoms with E-state index in [4.69, 9.17) is 9.72 Å². The smallest absolute Gasteiger partial charge is 0.138 e. The normalized spacial score (nSPS) is 10.6. The molecule has 0 atom stereocenters. The van der Waals surface area contributed by atoms with Crippen molar-refractivity contribution >= 4 is 52.4 Å². The van der Waals surface area contributed by atoms with Crippen LogP contribution in [0.15, 0.2) is 24.4 Å². The number of benzene rings is 1. The van der Waals surface area contributed by atoms with Crippen molar-refractivity contribution < 1.29 is 4.74 Å². The highest BCUT2D eigenvalue weighted by Crippen LogP contribution is 2.37. The van der Waals surface area contributed by atoms with E-state index < -0.39 is 0 Å². The van der Waals surface area contributed by atoms with Gasteiger partial charge in [0.25, 0.3) is 0 Å². The molecule has 2 aromatic heterocycles. The molecule has 3 aromatic rings. The number of anilines is 1. The molecule has 2 heterocycles. The maximum Gasteiger partial charge on any atom is 0.138 e. The summed E-state index contributed by atoms with van der Waals surface area (Å²) in [6, 6.07) is 6.28. The van der Waals surface area contributed by atoms with Crippen LogP contribution in [-0.2, 0) is 7.05 Å². The minimum Gasteiger partial charge on any atom is -0.497 e. The minimum atomic E-state index is 0. The molecule has 0 unspecified atom stereocenters. The molecule has 0 fully saturated rings. The summed E-state index contributed by atoms with van der Waals surface area (Å²) in [4.78, 5) is 7.17. The van der Waals surface area contributed by atoms with Gasteiger partial charge in [0, 0.05) is 43.8 Å². The summed E-state index contributed by atoms with van der Waals surface area (Å²) in [7, 11) is 3.84. The first kappa shape index (κ1) is 23.3. The number of methoxy groups -OCH3 is 1. The summed E-state index contributed by atoms with van der Waals surface area (Å²) in [6.45, 7) is 10.3. The number of rotatable bonds is 7. The molecule has 0 saturated carbocycles. The number of ether oxygens (including phenoxy) is 1. The lowest BCUT2D eigenvalue weighted by Crippen LogP contribution is -2.32. The van der Waals surface area contributed by atoms with Gasteiger partial charge in [0.2, 0.25) is 0 Å². The zero-order valence-electron chi connectivity index (χ0n) is 16.7. The number of pyridine rings is 1. The highest BCUT2D eigenvalue weighted by atomic mass is 35.5. The Kier molecular flexibility index (Phi) is 8.66. The summed E-state index contributed by atoms with van der Waals surface area (Å²) >= 11 is 0. The van der Waals surface area contributed by atoms with E-state index in [1.165, 1.54) is 27.4 Å². The van der Waals surface area contributed by atoms with E-state index in [9.17, 15) is 0 Å². The van der Waals surface area contributed by atoms with E-state index in [2.05, 4.69) is 54.7 Å². The molecule has 1 N–H and O–H groups in total. The number of fused-ring (bicyclic) bond motifs is 3. The Morgan fingerprint density at radius 1 is 1.22 bits per heavy atom. The Morgan fingerprint density at radius 2 is 1.96 bits per heavy atom. The molecular formula is C20H30Cl2N4O. The van der Waals surface area contributed by atoms with Gasteiger partial charge in [0.05, 0.1) is 18.0 Å². The third-order valence-electron chi connectivity index (χ3n) is 4.87. The first-order valence-corrected chi connectivity index (χ1v) is 8.99. The van der Waals surface area contributed by atoms with Crippen molar-refractivity contribution in [3.8, 4) is 5.75 Å². The van der Waals surface area contributed by atoms with Crippen LogP contribution in [-0.4, -0.2) is 42.8 Å². The molecule has 7 heteroatoms. The summed E-state index contributed by atoms with van der Waals surface area (Å²) in [6.07, 6.45) is 1.99. The van der Waals surface area contributed by atoms with E-state index in [0.29, 0.717) is 0 Å². The predicted molar refractivity (Wildman–Crippen MR) is 120 cm³/mol. The molecule has 27 heavy (non-hydrogen) atoms. The quantitative estimate of drug-likeness (QED) is 0.586. The molecule has 0 saturated heterocycles. The molecule has 0 spiro atoms. The SMILES string of the molecule is CCNCCN(CC)c1ncc(C)c2c1c1cc(OC)ccc1n2C.Cl.Cl. The van der Waals surface area contributed by atoms with Crippen LogP contribution in [0.3, 0.4) is 0 Å². The fourth-order valence-corrected chi connectivity index (χ4v) is 3.57. The average Bonchev–Trinajstić information content (AvgIpc) is 2.93. The number of aromatic nitrogens is 2. The first-order valence-electron chi connectivity index (χ1n) is 8.99. The Morgan fingerprint density at radius 3 is 2.59 bits per heavy atom. The van der Waals surface area contributed by atoms with Crippen molar-refractivity contribution in [1.29, 1.82) is 0 Å². The maximum atomic E-state index is 5.46. The lowest BCUT2D eigenvalue weighted by Gasteiger charge is -2.23. The number of nitrogens with zero attached hydrogens (tertiary/aromatic N) is 3. The van der Waals surface area contributed by atoms with Gasteiger partial charge in [0.15, 0.2) is 0 Å². The number of hydrogen-bond acceptors (Lipinski definition) is 4. The molecule has 0 amide bonds. The predicted octanol–water partition coefficient (Wildman–Crippen LogP) is 4.32. The molecular weight excluding hydrogens is 383 g/mol. The Labute approximate surface area is 173 Å². The van der Waals surface area contributed by atoms with E-state index >= 15 is 0 Å². The fraction of sp³-hybridized carbons (Fsp3) is 0.450. The molecule has 1 aromatic carbocycles. The van der Waals surface area contributed by atoms with Gasteiger partial charge in [0.1, 0.15) is 11.6 Å². The van der Waals surface area contributed by atoms with Gasteiger partial charge in [-0.05, 0) is 44.2 Å². The lowest BCUT2D eigenvalue weighted by atomic mass is 10.1. The zero-order chi connectivity index (χ0) is 18.0. The Balaban J connectivity index is 0.00000182. The third-order valence-corrected chi connectivity index (χ3v) is 4.87. The van der Waals surface area contributed by atoms with Crippen molar-refractivity contribution in [2.45, 2.75) is 20.8 Å². The van der Waals surface area contributed by atoms with Crippen LogP contribution < -0.4 is 15.0 Å². The van der Waals surface area contributed by atoms with Gasteiger partial charge in [-0.3, -0.25) is 0 Å². The highest BCUT2D eigenvalue weighted by Gasteiger charge is 2.19. The number of likely N-dealkylation sites (N-methyl/N-ethyl adjacent to an activating group) is 2. The fourth-order valence-electron chi connectivity index (χ4n) is 3.57. The van der Waals surface area contributed by atoms with Crippen LogP contribution in [0.5, 0.6) is 5.75 Å². The molecule has 0 bridgehead atoms. The van der Waals surface area contributed by atoms with Gasteiger partial charge in [-0.25, -0.2) is 4.98 Å². The summed E-state index contributed by atoms with van der Waals surface area (Å²) in [5.74, 6) is 1.93. The Hall–Kier alpha value is -1.69. The molecule has 0 aliphatic heterocycles. The van der Waals surface area contributed by atoms with Gasteiger partial charge in [-0.2, -0.15) is 0 Å². The molecule has 0 aliphatic carbocycles. The summed E-state index contributed by atoms with van der Waals surface area (Å²) < 4.78 is 7.73. The second-order valence-corrected chi connectivity index (χ2v) is 6.36. The van der Waals surface area contributed by atoms with Crippen molar-refractivity contribution in [3.05, 3.63) is 30.0 Å². The van der Waals surface area contributed by atoms with Crippen molar-refractivity contribution in [2.75, 3.05) is 38.2 Å². The summed E-state index contributed by atoms with van der Waals surface area (Å²) in [5, 5.41) is 5.82. The van der Waals surface area contributed by atoms with Crippen LogP contribution in [0.25, 0.3) is 21.8 Å². The van der Waals surface area contributed by atoms with Crippen LogP contribution in [0, 0.1) is 6.92 Å². The second-order valence-electron chi connectivity index (χ2n) is 6.36. The molecule has 0 aliphatic rings. The molecule has 5 nitrogen and oxygen atoms in total. The minimum absolute atomic E-state index is 0. The lowest BCUT2D eigenvalue weighted by molar-refractivity contribution is 0.415. The second kappa shape index (κ2) is 10.0. The van der Waals surface area contributed by atoms with Crippen LogP contribution >= 0.6 is 24.8 Å². The van der Waals surface area contributed by atoms with Crippen LogP contribution in [0.2, 0.25) is 0 Å². The van der Waals surface area contributed by atoms with E-state index in [-0.39, 0.29) is 24.8 Å². The van der Waals surface area contributed by atoms with Crippen LogP contribution in [0.4, 0.5) is 5.82 Å². The topological polar surface area (TPSA) is 42.3 Å². The van der Waals surface area contributed by atoms with E-state index in [1.54, 1.807) is 7.11 Å². The third kappa shape index (κ3) is 4.26. The zero-order valence-corrected chi connectivity index (χ0v) is 18.3. The van der Waals surface area contributed by atoms with Crippen molar-refractivity contribution in [2.24, 2.45) is 7.05 Å². The number of hydrogen-bond donors (Lipinski definition) is 1. The number of aryl methyl sites for hydroxylation is 2. The van der Waals surface area contributed by atoms with Gasteiger partial charge in [-0.15, -0.1) is 24.8 Å². The van der Waals surface area contributed by atoms with Crippen molar-refractivity contribution in [3.63, 3.8) is 0 Å². The monoisotopic (exact) mass is 412 g/mol. The molecule has 0 radical (unpaired) electrons. The number of halogens is 2. The van der Waals surface area contributed by atoms with Crippen LogP contribution in [0.1, 0.15) is 19.4 Å². The van der Waals surface area contributed by atoms with E-state index in [0.717, 1.165) is 37.7 Å². The highest BCUT2D eigenvalue weighted by molar-refractivity contribution is 6.14. The first-order chi connectivity index (χ1) is 12.1. The van der Waals surface area contributed by atoms with Gasteiger partial charge < -0.3 is 19.5 Å². The molecule has 3 rings (SSSR count). The van der Waals surface area contributed by atoms with Gasteiger partial charge in [-0.1, -0.05) is 6.92 Å². The molecule has 150 valence electrons. The average molecular weight is 413 g/mol. The maximum absolute atomic E-state index is 5.46. The summed E-state index contributed by atoms with van der Waals surface area (Å²) in [5.41, 5.74) is 3.64. The number of nitrogens with one attached hydrogen (secondary N) is 1. The Bertz CT molecular complexity index is 895. The van der Waals surface area contributed by atoms with E-state index in [1.807, 2.05) is 12.3 Å².